The Morgan fingerprint density at radius 1 is 1.29 bits per heavy atom. The molecule has 1 aromatic rings. The second kappa shape index (κ2) is 6.69. The van der Waals surface area contributed by atoms with Crippen molar-refractivity contribution in [1.82, 2.24) is 4.90 Å². The van der Waals surface area contributed by atoms with Crippen molar-refractivity contribution in [2.45, 2.75) is 57.5 Å². The van der Waals surface area contributed by atoms with Crippen LogP contribution in [0.2, 0.25) is 0 Å². The molecular weight excluding hydrogens is 260 g/mol. The summed E-state index contributed by atoms with van der Waals surface area (Å²) in [6.45, 7) is 4.31. The smallest absolute Gasteiger partial charge is 0.142 e. The SMILES string of the molecule is CC1CCc2cccc(OCCC3CCCCN3C)c2N1. The second-order valence-electron chi connectivity index (χ2n) is 6.64. The van der Waals surface area contributed by atoms with Crippen LogP contribution in [0.3, 0.4) is 0 Å². The Bertz CT molecular complexity index is 474. The third-order valence-corrected chi connectivity index (χ3v) is 4.98. The maximum absolute atomic E-state index is 6.11. The van der Waals surface area contributed by atoms with Crippen molar-refractivity contribution < 1.29 is 4.74 Å². The molecule has 0 aliphatic carbocycles. The molecule has 2 aliphatic heterocycles. The molecule has 2 heterocycles. The van der Waals surface area contributed by atoms with Crippen molar-refractivity contribution >= 4 is 5.69 Å². The lowest BCUT2D eigenvalue weighted by atomic mass is 9.98. The molecule has 2 aliphatic rings. The summed E-state index contributed by atoms with van der Waals surface area (Å²) in [4.78, 5) is 2.49. The number of piperidine rings is 1. The van der Waals surface area contributed by atoms with Crippen molar-refractivity contribution in [3.05, 3.63) is 23.8 Å². The minimum Gasteiger partial charge on any atom is -0.491 e. The summed E-state index contributed by atoms with van der Waals surface area (Å²) in [7, 11) is 2.25. The highest BCUT2D eigenvalue weighted by Crippen LogP contribution is 2.34. The number of anilines is 1. The number of nitrogens with one attached hydrogen (secondary N) is 1. The lowest BCUT2D eigenvalue weighted by Gasteiger charge is -2.32. The van der Waals surface area contributed by atoms with Crippen LogP contribution in [0, 0.1) is 0 Å². The molecule has 2 atom stereocenters. The molecule has 1 fully saturated rings. The third-order valence-electron chi connectivity index (χ3n) is 4.98. The highest BCUT2D eigenvalue weighted by molar-refractivity contribution is 5.63. The van der Waals surface area contributed by atoms with E-state index in [0.717, 1.165) is 25.2 Å². The van der Waals surface area contributed by atoms with E-state index in [1.165, 1.54) is 43.5 Å². The molecule has 0 radical (unpaired) electrons. The predicted molar refractivity (Wildman–Crippen MR) is 88.2 cm³/mol. The van der Waals surface area contributed by atoms with Crippen LogP contribution >= 0.6 is 0 Å². The molecule has 0 saturated carbocycles. The van der Waals surface area contributed by atoms with Gasteiger partial charge in [0.25, 0.3) is 0 Å². The molecule has 2 unspecified atom stereocenters. The summed E-state index contributed by atoms with van der Waals surface area (Å²) < 4.78 is 6.11. The first-order valence-electron chi connectivity index (χ1n) is 8.45. The molecule has 3 rings (SSSR count). The quantitative estimate of drug-likeness (QED) is 0.914. The predicted octanol–water partition coefficient (Wildman–Crippen LogP) is 3.69. The molecule has 1 N–H and O–H groups in total. The fourth-order valence-electron chi connectivity index (χ4n) is 3.57. The maximum Gasteiger partial charge on any atom is 0.142 e. The lowest BCUT2D eigenvalue weighted by Crippen LogP contribution is -2.37. The van der Waals surface area contributed by atoms with Crippen LogP contribution < -0.4 is 10.1 Å². The number of ether oxygens (including phenoxy) is 1. The normalized spacial score (nSPS) is 26.0. The Morgan fingerprint density at radius 3 is 3.05 bits per heavy atom. The Morgan fingerprint density at radius 2 is 2.19 bits per heavy atom. The van der Waals surface area contributed by atoms with E-state index in [4.69, 9.17) is 4.74 Å². The molecule has 1 saturated heterocycles. The van der Waals surface area contributed by atoms with Crippen LogP contribution in [-0.4, -0.2) is 37.2 Å². The molecule has 1 aromatic carbocycles. The number of likely N-dealkylation sites (tertiary alicyclic amines) is 1. The Hall–Kier alpha value is -1.22. The summed E-state index contributed by atoms with van der Waals surface area (Å²) >= 11 is 0. The van der Waals surface area contributed by atoms with E-state index in [9.17, 15) is 0 Å². The van der Waals surface area contributed by atoms with E-state index in [1.54, 1.807) is 0 Å². The van der Waals surface area contributed by atoms with E-state index in [1.807, 2.05) is 0 Å². The van der Waals surface area contributed by atoms with Gasteiger partial charge in [0.15, 0.2) is 0 Å². The zero-order valence-corrected chi connectivity index (χ0v) is 13.4. The summed E-state index contributed by atoms with van der Waals surface area (Å²) in [5.41, 5.74) is 2.63. The van der Waals surface area contributed by atoms with Gasteiger partial charge in [-0.05, 0) is 64.3 Å². The van der Waals surface area contributed by atoms with Gasteiger partial charge in [-0.25, -0.2) is 0 Å². The van der Waals surface area contributed by atoms with Gasteiger partial charge in [-0.1, -0.05) is 18.6 Å². The van der Waals surface area contributed by atoms with E-state index in [0.29, 0.717) is 12.1 Å². The number of nitrogens with zero attached hydrogens (tertiary/aromatic N) is 1. The highest BCUT2D eigenvalue weighted by atomic mass is 16.5. The fourth-order valence-corrected chi connectivity index (χ4v) is 3.57. The topological polar surface area (TPSA) is 24.5 Å². The van der Waals surface area contributed by atoms with Gasteiger partial charge < -0.3 is 15.0 Å². The molecule has 3 heteroatoms. The van der Waals surface area contributed by atoms with Crippen LogP contribution in [0.5, 0.6) is 5.75 Å². The average molecular weight is 288 g/mol. The second-order valence-corrected chi connectivity index (χ2v) is 6.64. The number of benzene rings is 1. The van der Waals surface area contributed by atoms with Crippen LogP contribution in [0.15, 0.2) is 18.2 Å². The number of hydrogen-bond acceptors (Lipinski definition) is 3. The summed E-state index contributed by atoms with van der Waals surface area (Å²) in [6, 6.07) is 7.69. The summed E-state index contributed by atoms with van der Waals surface area (Å²) in [6.07, 6.45) is 7.55. The Balaban J connectivity index is 1.58. The van der Waals surface area contributed by atoms with Crippen LogP contribution in [-0.2, 0) is 6.42 Å². The molecule has 21 heavy (non-hydrogen) atoms. The van der Waals surface area contributed by atoms with Gasteiger partial charge >= 0.3 is 0 Å². The van der Waals surface area contributed by atoms with E-state index >= 15 is 0 Å². The molecule has 0 amide bonds. The number of para-hydroxylation sites is 1. The van der Waals surface area contributed by atoms with Gasteiger partial charge in [0.1, 0.15) is 5.75 Å². The average Bonchev–Trinajstić information content (AvgIpc) is 2.49. The first-order valence-corrected chi connectivity index (χ1v) is 8.45. The van der Waals surface area contributed by atoms with E-state index in [2.05, 4.69) is 42.4 Å². The van der Waals surface area contributed by atoms with Gasteiger partial charge in [-0.2, -0.15) is 0 Å². The number of rotatable bonds is 4. The van der Waals surface area contributed by atoms with Crippen molar-refractivity contribution in [3.8, 4) is 5.75 Å². The monoisotopic (exact) mass is 288 g/mol. The van der Waals surface area contributed by atoms with E-state index in [-0.39, 0.29) is 0 Å². The highest BCUT2D eigenvalue weighted by Gasteiger charge is 2.20. The molecule has 0 bridgehead atoms. The van der Waals surface area contributed by atoms with Gasteiger partial charge in [0.05, 0.1) is 12.3 Å². The summed E-state index contributed by atoms with van der Waals surface area (Å²) in [5.74, 6) is 1.04. The minimum absolute atomic E-state index is 0.548. The van der Waals surface area contributed by atoms with E-state index < -0.39 is 0 Å². The molecule has 0 spiro atoms. The lowest BCUT2D eigenvalue weighted by molar-refractivity contribution is 0.153. The van der Waals surface area contributed by atoms with Crippen molar-refractivity contribution in [3.63, 3.8) is 0 Å². The molecule has 0 aromatic heterocycles. The maximum atomic E-state index is 6.11. The van der Waals surface area contributed by atoms with Crippen LogP contribution in [0.4, 0.5) is 5.69 Å². The third kappa shape index (κ3) is 3.52. The molecule has 3 nitrogen and oxygen atoms in total. The van der Waals surface area contributed by atoms with Crippen LogP contribution in [0.1, 0.15) is 44.6 Å². The first-order chi connectivity index (χ1) is 10.2. The first kappa shape index (κ1) is 14.7. The molecular formula is C18H28N2O. The van der Waals surface area contributed by atoms with Gasteiger partial charge in [0, 0.05) is 12.1 Å². The summed E-state index contributed by atoms with van der Waals surface area (Å²) in [5, 5.41) is 3.59. The van der Waals surface area contributed by atoms with Gasteiger partial charge in [0.2, 0.25) is 0 Å². The number of aryl methyl sites for hydroxylation is 1. The van der Waals surface area contributed by atoms with Gasteiger partial charge in [-0.3, -0.25) is 0 Å². The fraction of sp³-hybridized carbons (Fsp3) is 0.667. The van der Waals surface area contributed by atoms with Crippen LogP contribution in [0.25, 0.3) is 0 Å². The standard InChI is InChI=1S/C18H28N2O/c1-14-9-10-15-6-5-8-17(18(15)19-14)21-13-11-16-7-3-4-12-20(16)2/h5-6,8,14,16,19H,3-4,7,9-13H2,1-2H3. The molecule has 116 valence electrons. The Kier molecular flexibility index (Phi) is 4.69. The zero-order valence-electron chi connectivity index (χ0n) is 13.4. The minimum atomic E-state index is 0.548. The Labute approximate surface area is 128 Å². The van der Waals surface area contributed by atoms with Crippen molar-refractivity contribution in [2.24, 2.45) is 0 Å². The number of hydrogen-bond donors (Lipinski definition) is 1. The van der Waals surface area contributed by atoms with Crippen molar-refractivity contribution in [2.75, 3.05) is 25.5 Å². The van der Waals surface area contributed by atoms with Crippen molar-refractivity contribution in [1.29, 1.82) is 0 Å². The zero-order chi connectivity index (χ0) is 14.7. The number of fused-ring (bicyclic) bond motifs is 1. The largest absolute Gasteiger partial charge is 0.491 e. The van der Waals surface area contributed by atoms with Gasteiger partial charge in [-0.15, -0.1) is 0 Å².